The number of rotatable bonds is 3. The number of thioether (sulfide) groups is 1. The van der Waals surface area contributed by atoms with Crippen LogP contribution in [0.25, 0.3) is 5.57 Å². The molecule has 0 bridgehead atoms. The van der Waals surface area contributed by atoms with Crippen molar-refractivity contribution >= 4 is 51.4 Å². The predicted octanol–water partition coefficient (Wildman–Crippen LogP) is 4.12. The first kappa shape index (κ1) is 17.5. The van der Waals surface area contributed by atoms with E-state index in [4.69, 9.17) is 12.2 Å². The van der Waals surface area contributed by atoms with Crippen LogP contribution in [-0.4, -0.2) is 33.6 Å². The highest BCUT2D eigenvalue weighted by atomic mass is 32.2. The molecule has 0 spiro atoms. The van der Waals surface area contributed by atoms with Crippen molar-refractivity contribution in [3.63, 3.8) is 0 Å². The maximum atomic E-state index is 13.2. The van der Waals surface area contributed by atoms with E-state index in [2.05, 4.69) is 6.58 Å². The molecule has 0 atom stereocenters. The molecule has 1 saturated heterocycles. The number of fused-ring (bicyclic) bond motifs is 1. The summed E-state index contributed by atoms with van der Waals surface area (Å²) in [5.41, 5.74) is 2.12. The van der Waals surface area contributed by atoms with Gasteiger partial charge in [0.05, 0.1) is 16.2 Å². The summed E-state index contributed by atoms with van der Waals surface area (Å²) >= 11 is 6.80. The summed E-state index contributed by atoms with van der Waals surface area (Å²) in [6.07, 6.45) is 7.15. The van der Waals surface area contributed by atoms with Crippen molar-refractivity contribution in [1.82, 2.24) is 4.90 Å². The smallest absolute Gasteiger partial charge is 0.267 e. The molecule has 2 fully saturated rings. The summed E-state index contributed by atoms with van der Waals surface area (Å²) in [5.74, 6) is -0.249. The van der Waals surface area contributed by atoms with E-state index in [1.54, 1.807) is 15.9 Å². The van der Waals surface area contributed by atoms with E-state index in [0.717, 1.165) is 36.9 Å². The van der Waals surface area contributed by atoms with Gasteiger partial charge in [-0.1, -0.05) is 67.5 Å². The Morgan fingerprint density at radius 1 is 1.15 bits per heavy atom. The highest BCUT2D eigenvalue weighted by Gasteiger charge is 2.43. The zero-order chi connectivity index (χ0) is 18.3. The number of amides is 2. The second-order valence-corrected chi connectivity index (χ2v) is 8.40. The van der Waals surface area contributed by atoms with Crippen LogP contribution in [-0.2, 0) is 9.59 Å². The molecule has 134 valence electrons. The lowest BCUT2D eigenvalue weighted by atomic mass is 9.94. The number of anilines is 1. The first-order valence-corrected chi connectivity index (χ1v) is 10.2. The average molecular weight is 385 g/mol. The molecule has 1 aliphatic carbocycles. The number of carbonyl (C=O) groups excluding carboxylic acids is 2. The number of benzene rings is 1. The topological polar surface area (TPSA) is 40.6 Å². The third-order valence-electron chi connectivity index (χ3n) is 5.20. The van der Waals surface area contributed by atoms with Gasteiger partial charge in [0.2, 0.25) is 0 Å². The van der Waals surface area contributed by atoms with Crippen LogP contribution in [0.4, 0.5) is 5.69 Å². The van der Waals surface area contributed by atoms with E-state index in [0.29, 0.717) is 21.3 Å². The van der Waals surface area contributed by atoms with Crippen LogP contribution in [0, 0.1) is 0 Å². The molecule has 1 aromatic rings. The van der Waals surface area contributed by atoms with E-state index in [-0.39, 0.29) is 17.9 Å². The third kappa shape index (κ3) is 2.72. The lowest BCUT2D eigenvalue weighted by Crippen LogP contribution is -2.40. The van der Waals surface area contributed by atoms with Gasteiger partial charge in [0.25, 0.3) is 11.8 Å². The number of para-hydroxylation sites is 1. The Morgan fingerprint density at radius 3 is 2.62 bits per heavy atom. The molecule has 1 saturated carbocycles. The normalized spacial score (nSPS) is 23.8. The highest BCUT2D eigenvalue weighted by Crippen LogP contribution is 2.45. The van der Waals surface area contributed by atoms with Gasteiger partial charge in [0.1, 0.15) is 4.32 Å². The zero-order valence-electron chi connectivity index (χ0n) is 14.4. The van der Waals surface area contributed by atoms with Crippen LogP contribution in [0.3, 0.4) is 0 Å². The third-order valence-corrected chi connectivity index (χ3v) is 6.60. The van der Waals surface area contributed by atoms with Crippen LogP contribution in [0.2, 0.25) is 0 Å². The summed E-state index contributed by atoms with van der Waals surface area (Å²) in [6.45, 7) is 4.16. The summed E-state index contributed by atoms with van der Waals surface area (Å²) in [6, 6.07) is 7.78. The quantitative estimate of drug-likeness (QED) is 0.446. The summed E-state index contributed by atoms with van der Waals surface area (Å²) in [4.78, 5) is 30.2. The number of hydrogen-bond acceptors (Lipinski definition) is 4. The van der Waals surface area contributed by atoms with Crippen molar-refractivity contribution in [2.75, 3.05) is 11.4 Å². The fourth-order valence-electron chi connectivity index (χ4n) is 3.99. The molecule has 0 N–H and O–H groups in total. The largest absolute Gasteiger partial charge is 0.304 e. The van der Waals surface area contributed by atoms with Crippen molar-refractivity contribution in [3.05, 3.63) is 47.4 Å². The average Bonchev–Trinajstić information content (AvgIpc) is 3.10. The van der Waals surface area contributed by atoms with Gasteiger partial charge in [0.15, 0.2) is 0 Å². The van der Waals surface area contributed by atoms with Gasteiger partial charge in [-0.2, -0.15) is 0 Å². The SMILES string of the molecule is C=CCN1C(=O)C(=C2SC(=S)N(C3CCCCC3)C2=O)c2ccccc21. The molecule has 4 rings (SSSR count). The first-order valence-electron chi connectivity index (χ1n) is 8.95. The summed E-state index contributed by atoms with van der Waals surface area (Å²) in [7, 11) is 0. The zero-order valence-corrected chi connectivity index (χ0v) is 16.1. The first-order chi connectivity index (χ1) is 12.6. The fourth-order valence-corrected chi connectivity index (χ4v) is 5.47. The van der Waals surface area contributed by atoms with Gasteiger partial charge in [-0.15, -0.1) is 6.58 Å². The molecule has 0 unspecified atom stereocenters. The molecule has 0 aromatic heterocycles. The highest BCUT2D eigenvalue weighted by molar-refractivity contribution is 8.26. The summed E-state index contributed by atoms with van der Waals surface area (Å²) < 4.78 is 0.580. The molecule has 1 aromatic carbocycles. The molecule has 0 radical (unpaired) electrons. The summed E-state index contributed by atoms with van der Waals surface area (Å²) in [5, 5.41) is 0. The van der Waals surface area contributed by atoms with Gasteiger partial charge >= 0.3 is 0 Å². The Hall–Kier alpha value is -1.92. The van der Waals surface area contributed by atoms with Crippen molar-refractivity contribution in [1.29, 1.82) is 0 Å². The monoisotopic (exact) mass is 384 g/mol. The van der Waals surface area contributed by atoms with E-state index < -0.39 is 0 Å². The van der Waals surface area contributed by atoms with Gasteiger partial charge in [-0.3, -0.25) is 14.5 Å². The van der Waals surface area contributed by atoms with Crippen molar-refractivity contribution < 1.29 is 9.59 Å². The number of thiocarbonyl (C=S) groups is 1. The Morgan fingerprint density at radius 2 is 1.88 bits per heavy atom. The van der Waals surface area contributed by atoms with Gasteiger partial charge in [-0.25, -0.2) is 0 Å². The van der Waals surface area contributed by atoms with E-state index >= 15 is 0 Å². The van der Waals surface area contributed by atoms with Crippen molar-refractivity contribution in [3.8, 4) is 0 Å². The molecule has 6 heteroatoms. The Kier molecular flexibility index (Phi) is 4.71. The van der Waals surface area contributed by atoms with Crippen LogP contribution >= 0.6 is 24.0 Å². The second-order valence-electron chi connectivity index (χ2n) is 6.76. The van der Waals surface area contributed by atoms with Crippen LogP contribution in [0.1, 0.15) is 37.7 Å². The maximum absolute atomic E-state index is 13.2. The minimum Gasteiger partial charge on any atom is -0.304 e. The van der Waals surface area contributed by atoms with Crippen LogP contribution in [0.5, 0.6) is 0 Å². The molecule has 2 amide bonds. The van der Waals surface area contributed by atoms with E-state index in [9.17, 15) is 9.59 Å². The minimum atomic E-state index is -0.143. The van der Waals surface area contributed by atoms with E-state index in [1.165, 1.54) is 18.2 Å². The van der Waals surface area contributed by atoms with Crippen molar-refractivity contribution in [2.24, 2.45) is 0 Å². The predicted molar refractivity (Wildman–Crippen MR) is 110 cm³/mol. The van der Waals surface area contributed by atoms with Gasteiger partial charge in [0, 0.05) is 18.2 Å². The number of carbonyl (C=O) groups is 2. The van der Waals surface area contributed by atoms with Crippen molar-refractivity contribution in [2.45, 2.75) is 38.1 Å². The van der Waals surface area contributed by atoms with Gasteiger partial charge < -0.3 is 4.90 Å². The molecule has 3 aliphatic rings. The van der Waals surface area contributed by atoms with Gasteiger partial charge in [-0.05, 0) is 18.9 Å². The second kappa shape index (κ2) is 7.00. The maximum Gasteiger partial charge on any atom is 0.267 e. The Bertz CT molecular complexity index is 840. The Balaban J connectivity index is 1.77. The minimum absolute atomic E-state index is 0.106. The Labute approximate surface area is 162 Å². The molecule has 4 nitrogen and oxygen atoms in total. The van der Waals surface area contributed by atoms with Crippen LogP contribution in [0.15, 0.2) is 41.8 Å². The molecule has 26 heavy (non-hydrogen) atoms. The molecular weight excluding hydrogens is 364 g/mol. The van der Waals surface area contributed by atoms with E-state index in [1.807, 2.05) is 24.3 Å². The molecule has 2 aliphatic heterocycles. The molecular formula is C20H20N2O2S2. The number of hydrogen-bond donors (Lipinski definition) is 0. The lowest BCUT2D eigenvalue weighted by molar-refractivity contribution is -0.124. The lowest BCUT2D eigenvalue weighted by Gasteiger charge is -2.29. The number of nitrogens with zero attached hydrogens (tertiary/aromatic N) is 2. The van der Waals surface area contributed by atoms with Crippen LogP contribution < -0.4 is 4.90 Å². The fraction of sp³-hybridized carbons (Fsp3) is 0.350. The molecule has 2 heterocycles. The standard InChI is InChI=1S/C20H20N2O2S2/c1-2-12-21-15-11-7-6-10-14(15)16(18(21)23)17-19(24)22(20(25)26-17)13-8-4-3-5-9-13/h2,6-7,10-11,13H,1,3-5,8-9,12H2.